The number of nitrogens with one attached hydrogen (secondary N) is 1. The maximum absolute atomic E-state index is 13.6. The van der Waals surface area contributed by atoms with Gasteiger partial charge in [0.15, 0.2) is 0 Å². The van der Waals surface area contributed by atoms with Crippen LogP contribution in [0.1, 0.15) is 29.9 Å². The summed E-state index contributed by atoms with van der Waals surface area (Å²) in [6.07, 6.45) is 0.583. The number of nitrogens with two attached hydrogens (primary N) is 1. The molecule has 108 valence electrons. The molecule has 0 spiro atoms. The summed E-state index contributed by atoms with van der Waals surface area (Å²) >= 11 is 3.29. The Morgan fingerprint density at radius 3 is 2.90 bits per heavy atom. The average Bonchev–Trinajstić information content (AvgIpc) is 2.81. The smallest absolute Gasteiger partial charge is 0.137 e. The van der Waals surface area contributed by atoms with E-state index in [1.807, 2.05) is 30.7 Å². The standard InChI is InChI=1S/C14H18BrFN4/c1-3-20-13(7-9(2)19-20)12(18-17)8-10-5-4-6-11(16)14(10)15/h4-7,12,18H,3,8,17H2,1-2H3. The first-order valence-corrected chi connectivity index (χ1v) is 7.29. The lowest BCUT2D eigenvalue weighted by atomic mass is 10.0. The van der Waals surface area contributed by atoms with Gasteiger partial charge in [0.25, 0.3) is 0 Å². The van der Waals surface area contributed by atoms with Crippen LogP contribution in [0.4, 0.5) is 4.39 Å². The maximum atomic E-state index is 13.6. The summed E-state index contributed by atoms with van der Waals surface area (Å²) in [5, 5.41) is 4.41. The van der Waals surface area contributed by atoms with Gasteiger partial charge in [-0.3, -0.25) is 16.0 Å². The van der Waals surface area contributed by atoms with Gasteiger partial charge in [0.1, 0.15) is 5.82 Å². The monoisotopic (exact) mass is 340 g/mol. The molecule has 0 fully saturated rings. The molecule has 1 atom stereocenters. The molecule has 0 radical (unpaired) electrons. The highest BCUT2D eigenvalue weighted by Crippen LogP contribution is 2.26. The van der Waals surface area contributed by atoms with E-state index in [-0.39, 0.29) is 11.9 Å². The topological polar surface area (TPSA) is 55.9 Å². The Morgan fingerprint density at radius 1 is 1.50 bits per heavy atom. The summed E-state index contributed by atoms with van der Waals surface area (Å²) in [7, 11) is 0. The Labute approximate surface area is 126 Å². The molecule has 1 aromatic heterocycles. The van der Waals surface area contributed by atoms with Crippen molar-refractivity contribution in [2.75, 3.05) is 0 Å². The fourth-order valence-corrected chi connectivity index (χ4v) is 2.70. The number of rotatable bonds is 5. The van der Waals surface area contributed by atoms with Gasteiger partial charge in [0.05, 0.1) is 21.9 Å². The molecular weight excluding hydrogens is 323 g/mol. The minimum Gasteiger partial charge on any atom is -0.271 e. The number of aryl methyl sites for hydroxylation is 2. The Hall–Kier alpha value is -1.24. The molecule has 1 unspecified atom stereocenters. The summed E-state index contributed by atoms with van der Waals surface area (Å²) in [6, 6.07) is 6.90. The van der Waals surface area contributed by atoms with E-state index in [9.17, 15) is 4.39 Å². The van der Waals surface area contributed by atoms with E-state index in [4.69, 9.17) is 5.84 Å². The molecule has 6 heteroatoms. The molecule has 2 aromatic rings. The van der Waals surface area contributed by atoms with Crippen LogP contribution in [0.2, 0.25) is 0 Å². The lowest BCUT2D eigenvalue weighted by Crippen LogP contribution is -2.31. The van der Waals surface area contributed by atoms with Gasteiger partial charge >= 0.3 is 0 Å². The first kappa shape index (κ1) is 15.2. The van der Waals surface area contributed by atoms with Crippen molar-refractivity contribution in [1.82, 2.24) is 15.2 Å². The van der Waals surface area contributed by atoms with Crippen LogP contribution < -0.4 is 11.3 Å². The molecular formula is C14H18BrFN4. The van der Waals surface area contributed by atoms with Crippen molar-refractivity contribution in [1.29, 1.82) is 0 Å². The van der Waals surface area contributed by atoms with E-state index in [2.05, 4.69) is 26.5 Å². The maximum Gasteiger partial charge on any atom is 0.137 e. The SMILES string of the molecule is CCn1nc(C)cc1C(Cc1cccc(F)c1Br)NN. The third-order valence-corrected chi connectivity index (χ3v) is 4.13. The largest absolute Gasteiger partial charge is 0.271 e. The quantitative estimate of drug-likeness (QED) is 0.650. The van der Waals surface area contributed by atoms with E-state index < -0.39 is 0 Å². The van der Waals surface area contributed by atoms with Crippen LogP contribution in [0.5, 0.6) is 0 Å². The summed E-state index contributed by atoms with van der Waals surface area (Å²) in [4.78, 5) is 0. The second kappa shape index (κ2) is 6.47. The molecule has 0 aliphatic carbocycles. The van der Waals surface area contributed by atoms with Crippen LogP contribution >= 0.6 is 15.9 Å². The summed E-state index contributed by atoms with van der Waals surface area (Å²) < 4.78 is 16.0. The van der Waals surface area contributed by atoms with Crippen LogP contribution in [0.15, 0.2) is 28.7 Å². The summed E-state index contributed by atoms with van der Waals surface area (Å²) in [5.41, 5.74) is 5.62. The number of aromatic nitrogens is 2. The number of hydrazine groups is 1. The van der Waals surface area contributed by atoms with E-state index in [1.165, 1.54) is 6.07 Å². The Balaban J connectivity index is 2.31. The van der Waals surface area contributed by atoms with Crippen molar-refractivity contribution >= 4 is 15.9 Å². The highest BCUT2D eigenvalue weighted by Gasteiger charge is 2.18. The molecule has 0 saturated heterocycles. The van der Waals surface area contributed by atoms with E-state index in [0.29, 0.717) is 10.9 Å². The lowest BCUT2D eigenvalue weighted by molar-refractivity contribution is 0.488. The predicted molar refractivity (Wildman–Crippen MR) is 80.5 cm³/mol. The van der Waals surface area contributed by atoms with Crippen molar-refractivity contribution in [2.45, 2.75) is 32.9 Å². The van der Waals surface area contributed by atoms with E-state index >= 15 is 0 Å². The van der Waals surface area contributed by atoms with Crippen LogP contribution in [0.3, 0.4) is 0 Å². The zero-order valence-corrected chi connectivity index (χ0v) is 13.1. The number of hydrogen-bond donors (Lipinski definition) is 2. The zero-order valence-electron chi connectivity index (χ0n) is 11.5. The van der Waals surface area contributed by atoms with E-state index in [0.717, 1.165) is 23.5 Å². The normalized spacial score (nSPS) is 12.7. The van der Waals surface area contributed by atoms with Crippen LogP contribution in [0.25, 0.3) is 0 Å². The van der Waals surface area contributed by atoms with Gasteiger partial charge in [0.2, 0.25) is 0 Å². The molecule has 2 rings (SSSR count). The van der Waals surface area contributed by atoms with Crippen molar-refractivity contribution in [3.63, 3.8) is 0 Å². The van der Waals surface area contributed by atoms with Gasteiger partial charge in [-0.15, -0.1) is 0 Å². The van der Waals surface area contributed by atoms with Crippen molar-refractivity contribution in [2.24, 2.45) is 5.84 Å². The first-order chi connectivity index (χ1) is 9.56. The van der Waals surface area contributed by atoms with Gasteiger partial charge in [0, 0.05) is 6.54 Å². The van der Waals surface area contributed by atoms with E-state index in [1.54, 1.807) is 6.07 Å². The van der Waals surface area contributed by atoms with Gasteiger partial charge in [-0.2, -0.15) is 5.10 Å². The summed E-state index contributed by atoms with van der Waals surface area (Å²) in [6.45, 7) is 4.74. The van der Waals surface area contributed by atoms with Crippen LogP contribution in [-0.2, 0) is 13.0 Å². The Morgan fingerprint density at radius 2 is 2.25 bits per heavy atom. The van der Waals surface area contributed by atoms with Crippen molar-refractivity contribution in [3.8, 4) is 0 Å². The summed E-state index contributed by atoms with van der Waals surface area (Å²) in [5.74, 6) is 5.41. The van der Waals surface area contributed by atoms with Gasteiger partial charge in [-0.05, 0) is 53.9 Å². The minimum absolute atomic E-state index is 0.116. The highest BCUT2D eigenvalue weighted by atomic mass is 79.9. The predicted octanol–water partition coefficient (Wildman–Crippen LogP) is 2.86. The second-order valence-electron chi connectivity index (χ2n) is 4.66. The molecule has 1 aromatic carbocycles. The molecule has 1 heterocycles. The zero-order chi connectivity index (χ0) is 14.7. The Kier molecular flexibility index (Phi) is 4.91. The average molecular weight is 341 g/mol. The molecule has 20 heavy (non-hydrogen) atoms. The van der Waals surface area contributed by atoms with Gasteiger partial charge < -0.3 is 0 Å². The van der Waals surface area contributed by atoms with Crippen molar-refractivity contribution < 1.29 is 4.39 Å². The molecule has 0 saturated carbocycles. The number of benzene rings is 1. The van der Waals surface area contributed by atoms with Crippen molar-refractivity contribution in [3.05, 3.63) is 51.5 Å². The molecule has 0 bridgehead atoms. The lowest BCUT2D eigenvalue weighted by Gasteiger charge is -2.18. The number of hydrogen-bond acceptors (Lipinski definition) is 3. The molecule has 0 aliphatic rings. The third-order valence-electron chi connectivity index (χ3n) is 3.25. The fourth-order valence-electron chi connectivity index (χ4n) is 2.27. The van der Waals surface area contributed by atoms with Crippen LogP contribution in [-0.4, -0.2) is 9.78 Å². The second-order valence-corrected chi connectivity index (χ2v) is 5.46. The molecule has 0 amide bonds. The van der Waals surface area contributed by atoms with Gasteiger partial charge in [-0.25, -0.2) is 4.39 Å². The molecule has 0 aliphatic heterocycles. The minimum atomic E-state index is -0.265. The Bertz CT molecular complexity index is 597. The molecule has 4 nitrogen and oxygen atoms in total. The van der Waals surface area contributed by atoms with Gasteiger partial charge in [-0.1, -0.05) is 12.1 Å². The van der Waals surface area contributed by atoms with Crippen LogP contribution in [0, 0.1) is 12.7 Å². The first-order valence-electron chi connectivity index (χ1n) is 6.50. The number of halogens is 2. The molecule has 3 N–H and O–H groups in total. The third kappa shape index (κ3) is 3.08. The number of nitrogens with zero attached hydrogens (tertiary/aromatic N) is 2. The fraction of sp³-hybridized carbons (Fsp3) is 0.357. The highest BCUT2D eigenvalue weighted by molar-refractivity contribution is 9.10.